The van der Waals surface area contributed by atoms with Crippen molar-refractivity contribution in [1.29, 1.82) is 10.8 Å². The van der Waals surface area contributed by atoms with Crippen molar-refractivity contribution in [2.45, 2.75) is 19.6 Å². The highest BCUT2D eigenvalue weighted by Crippen LogP contribution is 2.48. The van der Waals surface area contributed by atoms with Gasteiger partial charge in [0.15, 0.2) is 21.5 Å². The van der Waals surface area contributed by atoms with Crippen molar-refractivity contribution < 1.29 is 35.4 Å². The molecule has 15 heteroatoms. The standard InChI is InChI=1S/C40H22N4O8S3/c41-43-31-19-17-27-29(37(31)45)11-5-13-35(27)54(47,48)51-33-21-15-23-7-1-3-9-25(23)39(33)53-40-26-10-4-2-8-24(26)16-22-34(40)52-55(49,50)36-14-6-12-30-28(36)18-20-32(44-42)38(30)46/h1-22H. The molecule has 0 aliphatic carbocycles. The highest BCUT2D eigenvalue weighted by molar-refractivity contribution is 8.00. The third-order valence-corrected chi connectivity index (χ3v) is 12.8. The van der Waals surface area contributed by atoms with Crippen LogP contribution in [-0.2, 0) is 20.2 Å². The van der Waals surface area contributed by atoms with Gasteiger partial charge in [-0.3, -0.25) is 0 Å². The molecule has 0 radical (unpaired) electrons. The second kappa shape index (κ2) is 13.5. The second-order valence-corrected chi connectivity index (χ2v) is 16.2. The molecular weight excluding hydrogens is 761 g/mol. The summed E-state index contributed by atoms with van der Waals surface area (Å²) in [7, 11) is -9.25. The molecule has 0 amide bonds. The van der Waals surface area contributed by atoms with Crippen molar-refractivity contribution in [3.8, 4) is 23.0 Å². The minimum absolute atomic E-state index is 0.00773. The quantitative estimate of drug-likeness (QED) is 0.106. The van der Waals surface area contributed by atoms with Crippen molar-refractivity contribution in [1.82, 2.24) is 0 Å². The van der Waals surface area contributed by atoms with Crippen LogP contribution in [0.25, 0.3) is 53.0 Å². The Morgan fingerprint density at radius 3 is 1.27 bits per heavy atom. The van der Waals surface area contributed by atoms with Crippen LogP contribution in [0.2, 0.25) is 0 Å². The maximum absolute atomic E-state index is 14.1. The molecule has 0 fully saturated rings. The van der Waals surface area contributed by atoms with Gasteiger partial charge in [-0.1, -0.05) is 96.7 Å². The molecule has 0 N–H and O–H groups in total. The van der Waals surface area contributed by atoms with Crippen LogP contribution in [0.5, 0.6) is 23.0 Å². The van der Waals surface area contributed by atoms with Crippen LogP contribution in [0, 0.1) is 10.8 Å². The Morgan fingerprint density at radius 2 is 0.855 bits per heavy atom. The van der Waals surface area contributed by atoms with Crippen molar-refractivity contribution in [2.75, 3.05) is 0 Å². The van der Waals surface area contributed by atoms with Gasteiger partial charge in [-0.15, -0.1) is 0 Å². The molecule has 0 saturated heterocycles. The molecule has 0 heterocycles. The predicted octanol–water partition coefficient (Wildman–Crippen LogP) is 9.10. The van der Waals surface area contributed by atoms with E-state index in [0.717, 1.165) is 22.5 Å². The normalized spacial score (nSPS) is 11.7. The fraction of sp³-hybridized carbons (Fsp3) is 0. The lowest BCUT2D eigenvalue weighted by Crippen LogP contribution is -2.12. The van der Waals surface area contributed by atoms with E-state index in [1.54, 1.807) is 36.4 Å². The van der Waals surface area contributed by atoms with E-state index in [1.165, 1.54) is 72.8 Å². The third kappa shape index (κ3) is 6.12. The zero-order valence-electron chi connectivity index (χ0n) is 28.0. The molecule has 0 aliphatic heterocycles. The van der Waals surface area contributed by atoms with Crippen LogP contribution in [0.15, 0.2) is 153 Å². The average molecular weight is 783 g/mol. The maximum Gasteiger partial charge on any atom is 0.378 e. The van der Waals surface area contributed by atoms with E-state index in [-0.39, 0.29) is 54.2 Å². The Balaban J connectivity index is 1.27. The Morgan fingerprint density at radius 1 is 0.455 bits per heavy atom. The second-order valence-electron chi connectivity index (χ2n) is 12.1. The first kappa shape index (κ1) is 35.1. The van der Waals surface area contributed by atoms with E-state index in [9.17, 15) is 37.8 Å². The Kier molecular flexibility index (Phi) is 8.62. The Hall–Kier alpha value is -6.91. The lowest BCUT2D eigenvalue weighted by molar-refractivity contribution is -0.265. The van der Waals surface area contributed by atoms with Crippen LogP contribution in [-0.4, -0.2) is 16.8 Å². The molecule has 0 aliphatic rings. The van der Waals surface area contributed by atoms with Gasteiger partial charge in [-0.05, 0) is 80.2 Å². The molecule has 0 bridgehead atoms. The first-order valence-electron chi connectivity index (χ1n) is 16.3. The van der Waals surface area contributed by atoms with Crippen LogP contribution in [0.4, 0.5) is 11.4 Å². The topological polar surface area (TPSA) is 189 Å². The Labute approximate surface area is 317 Å². The summed E-state index contributed by atoms with van der Waals surface area (Å²) < 4.78 is 68.0. The number of benzene rings is 8. The van der Waals surface area contributed by atoms with Gasteiger partial charge in [0.25, 0.3) is 0 Å². The van der Waals surface area contributed by atoms with Gasteiger partial charge < -0.3 is 18.6 Å². The molecule has 55 heavy (non-hydrogen) atoms. The lowest BCUT2D eigenvalue weighted by Gasteiger charge is -2.18. The van der Waals surface area contributed by atoms with E-state index in [1.807, 2.05) is 24.3 Å². The molecule has 12 nitrogen and oxygen atoms in total. The molecule has 8 rings (SSSR count). The van der Waals surface area contributed by atoms with Crippen LogP contribution in [0.1, 0.15) is 0 Å². The highest BCUT2D eigenvalue weighted by atomic mass is 32.2. The first-order valence-corrected chi connectivity index (χ1v) is 19.9. The third-order valence-electron chi connectivity index (χ3n) is 8.95. The summed E-state index contributed by atoms with van der Waals surface area (Å²) in [4.78, 5) is 5.99. The molecule has 0 atom stereocenters. The molecule has 268 valence electrons. The number of hydrogen-bond acceptors (Lipinski definition) is 11. The van der Waals surface area contributed by atoms with Crippen LogP contribution < -0.4 is 18.6 Å². The lowest BCUT2D eigenvalue weighted by atomic mass is 10.1. The van der Waals surface area contributed by atoms with E-state index >= 15 is 0 Å². The molecule has 8 aromatic carbocycles. The van der Waals surface area contributed by atoms with Crippen LogP contribution in [0.3, 0.4) is 0 Å². The summed E-state index contributed by atoms with van der Waals surface area (Å²) in [6, 6.07) is 34.0. The highest BCUT2D eigenvalue weighted by Gasteiger charge is 2.27. The van der Waals surface area contributed by atoms with Gasteiger partial charge in [-0.25, -0.2) is 0 Å². The van der Waals surface area contributed by atoms with Gasteiger partial charge in [0.2, 0.25) is 10.8 Å². The van der Waals surface area contributed by atoms with Crippen LogP contribution >= 0.6 is 11.8 Å². The minimum atomic E-state index is -4.63. The van der Waals surface area contributed by atoms with Crippen molar-refractivity contribution >= 4 is 86.5 Å². The molecule has 0 aromatic heterocycles. The molecule has 8 aromatic rings. The predicted molar refractivity (Wildman–Crippen MR) is 204 cm³/mol. The summed E-state index contributed by atoms with van der Waals surface area (Å²) in [6.07, 6.45) is 0. The summed E-state index contributed by atoms with van der Waals surface area (Å²) in [5.74, 6) is -1.51. The van der Waals surface area contributed by atoms with Gasteiger partial charge in [0.05, 0.1) is 9.79 Å². The molecular formula is C40H22N4O8S3. The fourth-order valence-corrected chi connectivity index (χ4v) is 10.0. The summed E-state index contributed by atoms with van der Waals surface area (Å²) in [5.41, 5.74) is -0.512. The number of nitrogens with zero attached hydrogens (tertiary/aromatic N) is 4. The molecule has 0 unspecified atom stereocenters. The van der Waals surface area contributed by atoms with Gasteiger partial charge in [0, 0.05) is 22.9 Å². The first-order chi connectivity index (χ1) is 26.5. The average Bonchev–Trinajstić information content (AvgIpc) is 3.19. The largest absolute Gasteiger partial charge is 0.867 e. The van der Waals surface area contributed by atoms with Gasteiger partial charge >= 0.3 is 31.6 Å². The zero-order valence-corrected chi connectivity index (χ0v) is 30.4. The van der Waals surface area contributed by atoms with E-state index in [4.69, 9.17) is 8.37 Å². The number of rotatable bonds is 8. The van der Waals surface area contributed by atoms with Crippen molar-refractivity contribution in [2.24, 2.45) is 0 Å². The van der Waals surface area contributed by atoms with Gasteiger partial charge in [0.1, 0.15) is 9.79 Å². The van der Waals surface area contributed by atoms with E-state index < -0.39 is 31.7 Å². The number of hydrogen-bond donors (Lipinski definition) is 0. The monoisotopic (exact) mass is 782 g/mol. The maximum atomic E-state index is 14.1. The van der Waals surface area contributed by atoms with E-state index in [2.05, 4.69) is 9.95 Å². The molecule has 0 saturated carbocycles. The van der Waals surface area contributed by atoms with Crippen molar-refractivity contribution in [3.63, 3.8) is 0 Å². The molecule has 0 spiro atoms. The number of diazo groups is 2. The summed E-state index contributed by atoms with van der Waals surface area (Å²) in [5, 5.41) is 46.9. The Bertz CT molecular complexity index is 3020. The van der Waals surface area contributed by atoms with Crippen molar-refractivity contribution in [3.05, 3.63) is 143 Å². The summed E-state index contributed by atoms with van der Waals surface area (Å²) >= 11 is 1.03. The van der Waals surface area contributed by atoms with E-state index in [0.29, 0.717) is 20.6 Å². The fourth-order valence-electron chi connectivity index (χ4n) is 6.39. The summed E-state index contributed by atoms with van der Waals surface area (Å²) in [6.45, 7) is 0. The smallest absolute Gasteiger partial charge is 0.378 e. The zero-order chi connectivity index (χ0) is 38.5. The SMILES string of the molecule is N#[N+]c1ccc2c(S(=O)(=O)Oc3ccc4ccccc4c3Sc3c(OS(=O)(=O)c4cccc5c([O-])c([N+]#N)ccc45)ccc4ccccc34)cccc2c1[O-]. The minimum Gasteiger partial charge on any atom is -0.867 e. The van der Waals surface area contributed by atoms with Gasteiger partial charge in [-0.2, -0.15) is 16.8 Å². The number of fused-ring (bicyclic) bond motifs is 4.